The summed E-state index contributed by atoms with van der Waals surface area (Å²) in [6.07, 6.45) is 3.91. The summed E-state index contributed by atoms with van der Waals surface area (Å²) in [7, 11) is 0. The number of hydrogen-bond acceptors (Lipinski definition) is 4. The Labute approximate surface area is 151 Å². The van der Waals surface area contributed by atoms with Crippen LogP contribution >= 0.6 is 11.8 Å². The summed E-state index contributed by atoms with van der Waals surface area (Å²) in [5, 5.41) is 0. The Morgan fingerprint density at radius 2 is 1.88 bits per heavy atom. The minimum Gasteiger partial charge on any atom is -0.461 e. The van der Waals surface area contributed by atoms with Crippen LogP contribution in [0.2, 0.25) is 0 Å². The number of nitrogens with zero attached hydrogens (tertiary/aromatic N) is 1. The summed E-state index contributed by atoms with van der Waals surface area (Å²) in [5.74, 6) is 0.132. The number of hydrogen-bond donors (Lipinski definition) is 0. The van der Waals surface area contributed by atoms with Crippen LogP contribution in [0, 0.1) is 0 Å². The topological polar surface area (TPSA) is 46.6 Å². The molecule has 0 saturated carbocycles. The van der Waals surface area contributed by atoms with Gasteiger partial charge in [-0.05, 0) is 23.8 Å². The van der Waals surface area contributed by atoms with Crippen LogP contribution in [0.3, 0.4) is 0 Å². The number of amides is 1. The lowest BCUT2D eigenvalue weighted by molar-refractivity contribution is -0.142. The van der Waals surface area contributed by atoms with E-state index in [1.807, 2.05) is 66.7 Å². The van der Waals surface area contributed by atoms with E-state index in [0.717, 1.165) is 16.1 Å². The fraction of sp³-hybridized carbons (Fsp3) is 0.200. The number of ether oxygens (including phenoxy) is 1. The summed E-state index contributed by atoms with van der Waals surface area (Å²) in [5.41, 5.74) is 1.94. The molecule has 0 fully saturated rings. The maximum absolute atomic E-state index is 12.1. The fourth-order valence-electron chi connectivity index (χ4n) is 2.56. The lowest BCUT2D eigenvalue weighted by Gasteiger charge is -2.28. The average molecular weight is 353 g/mol. The number of carbonyl (C=O) groups excluding carboxylic acids is 2. The third-order valence-corrected chi connectivity index (χ3v) is 4.85. The SMILES string of the molecule is O=C(CCN1C(=O)CSc2ccccc21)OC/C=C/c1ccccc1. The van der Waals surface area contributed by atoms with Gasteiger partial charge in [0.05, 0.1) is 17.9 Å². The van der Waals surface area contributed by atoms with E-state index in [0.29, 0.717) is 12.3 Å². The number of fused-ring (bicyclic) bond motifs is 1. The molecule has 4 nitrogen and oxygen atoms in total. The molecule has 1 heterocycles. The average Bonchev–Trinajstić information content (AvgIpc) is 2.65. The van der Waals surface area contributed by atoms with E-state index in [2.05, 4.69) is 0 Å². The molecule has 0 aromatic heterocycles. The van der Waals surface area contributed by atoms with Crippen molar-refractivity contribution in [2.24, 2.45) is 0 Å². The van der Waals surface area contributed by atoms with Gasteiger partial charge < -0.3 is 9.64 Å². The van der Waals surface area contributed by atoms with Crippen LogP contribution in [-0.2, 0) is 14.3 Å². The van der Waals surface area contributed by atoms with Crippen LogP contribution in [0.15, 0.2) is 65.6 Å². The highest BCUT2D eigenvalue weighted by molar-refractivity contribution is 8.00. The van der Waals surface area contributed by atoms with Crippen molar-refractivity contribution in [3.05, 3.63) is 66.2 Å². The zero-order chi connectivity index (χ0) is 17.5. The molecule has 0 spiro atoms. The molecule has 0 aliphatic carbocycles. The number of para-hydroxylation sites is 1. The number of thioether (sulfide) groups is 1. The zero-order valence-electron chi connectivity index (χ0n) is 13.8. The van der Waals surface area contributed by atoms with Crippen LogP contribution in [0.1, 0.15) is 12.0 Å². The second-order valence-corrected chi connectivity index (χ2v) is 6.57. The Hall–Kier alpha value is -2.53. The second kappa shape index (κ2) is 8.53. The number of rotatable bonds is 6. The van der Waals surface area contributed by atoms with Gasteiger partial charge in [0.1, 0.15) is 6.61 Å². The number of benzene rings is 2. The van der Waals surface area contributed by atoms with Crippen molar-refractivity contribution in [3.63, 3.8) is 0 Å². The van der Waals surface area contributed by atoms with Crippen LogP contribution < -0.4 is 4.90 Å². The smallest absolute Gasteiger partial charge is 0.307 e. The molecule has 25 heavy (non-hydrogen) atoms. The number of anilines is 1. The van der Waals surface area contributed by atoms with E-state index in [1.54, 1.807) is 4.90 Å². The van der Waals surface area contributed by atoms with Gasteiger partial charge in [-0.1, -0.05) is 48.5 Å². The molecule has 2 aromatic carbocycles. The molecule has 2 aromatic rings. The second-order valence-electron chi connectivity index (χ2n) is 5.55. The molecule has 0 saturated heterocycles. The summed E-state index contributed by atoms with van der Waals surface area (Å²) < 4.78 is 5.21. The van der Waals surface area contributed by atoms with E-state index >= 15 is 0 Å². The van der Waals surface area contributed by atoms with Crippen LogP contribution in [0.4, 0.5) is 5.69 Å². The molecule has 1 amide bonds. The van der Waals surface area contributed by atoms with Gasteiger partial charge in [-0.15, -0.1) is 11.8 Å². The van der Waals surface area contributed by atoms with E-state index in [9.17, 15) is 9.59 Å². The lowest BCUT2D eigenvalue weighted by atomic mass is 10.2. The van der Waals surface area contributed by atoms with Gasteiger partial charge in [-0.25, -0.2) is 0 Å². The summed E-state index contributed by atoms with van der Waals surface area (Å²) in [6.45, 7) is 0.575. The largest absolute Gasteiger partial charge is 0.461 e. The van der Waals surface area contributed by atoms with Crippen molar-refractivity contribution in [2.45, 2.75) is 11.3 Å². The molecule has 0 N–H and O–H groups in total. The Kier molecular flexibility index (Phi) is 5.90. The van der Waals surface area contributed by atoms with Gasteiger partial charge in [-0.2, -0.15) is 0 Å². The zero-order valence-corrected chi connectivity index (χ0v) is 14.6. The van der Waals surface area contributed by atoms with Crippen molar-refractivity contribution < 1.29 is 14.3 Å². The number of carbonyl (C=O) groups is 2. The maximum atomic E-state index is 12.1. The molecule has 0 radical (unpaired) electrons. The first kappa shape index (κ1) is 17.3. The van der Waals surface area contributed by atoms with Gasteiger partial charge in [0, 0.05) is 11.4 Å². The Morgan fingerprint density at radius 1 is 1.12 bits per heavy atom. The van der Waals surface area contributed by atoms with E-state index in [1.165, 1.54) is 11.8 Å². The summed E-state index contributed by atoms with van der Waals surface area (Å²) in [4.78, 5) is 26.8. The minimum absolute atomic E-state index is 0.0282. The Balaban J connectivity index is 1.48. The molecule has 1 aliphatic rings. The van der Waals surface area contributed by atoms with Crippen molar-refractivity contribution in [1.82, 2.24) is 0 Å². The summed E-state index contributed by atoms with van der Waals surface area (Å²) >= 11 is 1.53. The summed E-state index contributed by atoms with van der Waals surface area (Å²) in [6, 6.07) is 17.6. The monoisotopic (exact) mass is 353 g/mol. The quantitative estimate of drug-likeness (QED) is 0.742. The normalized spacial score (nSPS) is 13.8. The predicted octanol–water partition coefficient (Wildman–Crippen LogP) is 3.77. The minimum atomic E-state index is -0.304. The molecule has 128 valence electrons. The van der Waals surface area contributed by atoms with Crippen molar-refractivity contribution in [1.29, 1.82) is 0 Å². The van der Waals surface area contributed by atoms with Crippen molar-refractivity contribution in [2.75, 3.05) is 23.8 Å². The molecule has 1 aliphatic heterocycles. The number of esters is 1. The van der Waals surface area contributed by atoms with Crippen LogP contribution in [0.25, 0.3) is 6.08 Å². The van der Waals surface area contributed by atoms with E-state index in [4.69, 9.17) is 4.74 Å². The van der Waals surface area contributed by atoms with Crippen molar-refractivity contribution in [3.8, 4) is 0 Å². The Morgan fingerprint density at radius 3 is 2.72 bits per heavy atom. The van der Waals surface area contributed by atoms with E-state index in [-0.39, 0.29) is 24.9 Å². The maximum Gasteiger partial charge on any atom is 0.307 e. The van der Waals surface area contributed by atoms with Crippen LogP contribution in [0.5, 0.6) is 0 Å². The lowest BCUT2D eigenvalue weighted by Crippen LogP contribution is -2.37. The first-order valence-electron chi connectivity index (χ1n) is 8.13. The molecular formula is C20H19NO3S. The molecular weight excluding hydrogens is 334 g/mol. The highest BCUT2D eigenvalue weighted by Crippen LogP contribution is 2.34. The third-order valence-electron chi connectivity index (χ3n) is 3.80. The van der Waals surface area contributed by atoms with Crippen LogP contribution in [-0.4, -0.2) is 30.8 Å². The molecule has 0 unspecified atom stereocenters. The molecule has 5 heteroatoms. The standard InChI is InChI=1S/C20H19NO3S/c22-19-15-25-18-11-5-4-10-17(18)21(19)13-12-20(23)24-14-6-9-16-7-2-1-3-8-16/h1-11H,12-15H2/b9-6+. The van der Waals surface area contributed by atoms with Crippen molar-refractivity contribution >= 4 is 35.4 Å². The van der Waals surface area contributed by atoms with Gasteiger partial charge >= 0.3 is 5.97 Å². The van der Waals surface area contributed by atoms with Gasteiger partial charge in [-0.3, -0.25) is 9.59 Å². The van der Waals surface area contributed by atoms with Gasteiger partial charge in [0.15, 0.2) is 0 Å². The highest BCUT2D eigenvalue weighted by Gasteiger charge is 2.24. The van der Waals surface area contributed by atoms with Gasteiger partial charge in [0.2, 0.25) is 5.91 Å². The molecule has 0 atom stereocenters. The Bertz CT molecular complexity index is 774. The third kappa shape index (κ3) is 4.73. The van der Waals surface area contributed by atoms with E-state index < -0.39 is 0 Å². The highest BCUT2D eigenvalue weighted by atomic mass is 32.2. The fourth-order valence-corrected chi connectivity index (χ4v) is 3.50. The molecule has 3 rings (SSSR count). The molecule has 0 bridgehead atoms. The first-order valence-corrected chi connectivity index (χ1v) is 9.12. The van der Waals surface area contributed by atoms with Gasteiger partial charge in [0.25, 0.3) is 0 Å². The first-order chi connectivity index (χ1) is 12.2. The predicted molar refractivity (Wildman–Crippen MR) is 101 cm³/mol.